The number of piperidine rings is 2. The van der Waals surface area contributed by atoms with Crippen molar-refractivity contribution in [1.29, 1.82) is 0 Å². The fourth-order valence-corrected chi connectivity index (χ4v) is 8.86. The lowest BCUT2D eigenvalue weighted by atomic mass is 9.60. The molecule has 11 rings (SSSR count). The maximum absolute atomic E-state index is 14.2. The molecule has 11 heteroatoms. The van der Waals surface area contributed by atoms with Crippen LogP contribution >= 0.6 is 0 Å². The van der Waals surface area contributed by atoms with E-state index in [4.69, 9.17) is 0 Å². The number of H-pyrrole nitrogens is 1. The molecule has 6 atom stereocenters. The topological polar surface area (TPSA) is 153 Å². The van der Waals surface area contributed by atoms with Crippen molar-refractivity contribution < 1.29 is 28.7 Å². The number of aliphatic carboxylic acids is 1. The highest BCUT2D eigenvalue weighted by atomic mass is 19.1. The summed E-state index contributed by atoms with van der Waals surface area (Å²) in [6.45, 7) is 7.60. The van der Waals surface area contributed by atoms with Gasteiger partial charge in [-0.3, -0.25) is 24.5 Å². The molecule has 4 aromatic carbocycles. The van der Waals surface area contributed by atoms with Crippen molar-refractivity contribution in [1.82, 2.24) is 20.6 Å². The van der Waals surface area contributed by atoms with Crippen molar-refractivity contribution in [2.75, 3.05) is 5.32 Å². The molecule has 264 valence electrons. The summed E-state index contributed by atoms with van der Waals surface area (Å²) in [6.07, 6.45) is 2.45. The van der Waals surface area contributed by atoms with Crippen molar-refractivity contribution in [2.45, 2.75) is 64.5 Å². The predicted molar refractivity (Wildman–Crippen MR) is 193 cm³/mol. The number of aromatic nitrogens is 2. The molecule has 2 saturated heterocycles. The Labute approximate surface area is 299 Å². The average Bonchev–Trinajstić information content (AvgIpc) is 3.58. The Balaban J connectivity index is 0.000000181. The van der Waals surface area contributed by atoms with Crippen LogP contribution in [0.5, 0.6) is 0 Å². The van der Waals surface area contributed by atoms with E-state index < -0.39 is 28.9 Å². The number of hydrogen-bond donors (Lipinski definition) is 5. The molecule has 0 saturated carbocycles. The number of amides is 3. The van der Waals surface area contributed by atoms with Crippen LogP contribution in [0.15, 0.2) is 79.0 Å². The van der Waals surface area contributed by atoms with Crippen molar-refractivity contribution in [3.05, 3.63) is 118 Å². The van der Waals surface area contributed by atoms with Crippen LogP contribution in [0.25, 0.3) is 22.0 Å². The minimum absolute atomic E-state index is 0.0307. The fraction of sp³-hybridized carbons (Fsp3) is 0.293. The number of carbonyl (C=O) groups excluding carboxylic acids is 3. The summed E-state index contributed by atoms with van der Waals surface area (Å²) in [5, 5.41) is 19.6. The molecule has 0 spiro atoms. The molecule has 0 radical (unpaired) electrons. The Morgan fingerprint density at radius 2 is 1.35 bits per heavy atom. The molecule has 3 amide bonds. The molecule has 5 N–H and O–H groups in total. The van der Waals surface area contributed by atoms with E-state index in [1.54, 1.807) is 31.3 Å². The molecule has 6 aliphatic rings. The summed E-state index contributed by atoms with van der Waals surface area (Å²) in [5.74, 6) is -1.78. The zero-order chi connectivity index (χ0) is 36.7. The first-order valence-corrected chi connectivity index (χ1v) is 17.4. The van der Waals surface area contributed by atoms with Crippen LogP contribution < -0.4 is 16.0 Å². The van der Waals surface area contributed by atoms with E-state index >= 15 is 0 Å². The van der Waals surface area contributed by atoms with Gasteiger partial charge in [0.1, 0.15) is 5.82 Å². The first-order chi connectivity index (χ1) is 24.8. The van der Waals surface area contributed by atoms with E-state index in [9.17, 15) is 28.7 Å². The first kappa shape index (κ1) is 33.3. The Morgan fingerprint density at radius 1 is 0.788 bits per heavy atom. The number of imidazole rings is 1. The van der Waals surface area contributed by atoms with Gasteiger partial charge in [0.25, 0.3) is 0 Å². The van der Waals surface area contributed by atoms with Crippen LogP contribution in [0.1, 0.15) is 84.0 Å². The van der Waals surface area contributed by atoms with Crippen molar-refractivity contribution in [3.63, 3.8) is 0 Å². The van der Waals surface area contributed by atoms with Crippen LogP contribution in [0.3, 0.4) is 0 Å². The van der Waals surface area contributed by atoms with Crippen molar-refractivity contribution in [2.24, 2.45) is 10.8 Å². The second kappa shape index (κ2) is 11.9. The van der Waals surface area contributed by atoms with E-state index in [0.29, 0.717) is 29.9 Å². The smallest absolute Gasteiger partial charge is 0.311 e. The number of carboxylic acids is 1. The first-order valence-electron chi connectivity index (χ1n) is 17.4. The van der Waals surface area contributed by atoms with Crippen molar-refractivity contribution in [3.8, 4) is 11.3 Å². The lowest BCUT2D eigenvalue weighted by Crippen LogP contribution is -2.57. The zero-order valence-corrected chi connectivity index (χ0v) is 29.1. The molecule has 6 unspecified atom stereocenters. The number of benzene rings is 4. The van der Waals surface area contributed by atoms with E-state index in [1.807, 2.05) is 69.3 Å². The highest BCUT2D eigenvalue weighted by molar-refractivity contribution is 6.00. The lowest BCUT2D eigenvalue weighted by Gasteiger charge is -2.49. The third-order valence-corrected chi connectivity index (χ3v) is 11.8. The minimum Gasteiger partial charge on any atom is -0.481 e. The molecule has 4 bridgehead atoms. The van der Waals surface area contributed by atoms with E-state index in [2.05, 4.69) is 25.9 Å². The number of fused-ring (bicyclic) bond motifs is 5. The molecular formula is C41H38FN5O5. The number of rotatable bonds is 4. The molecule has 10 nitrogen and oxygen atoms in total. The molecule has 5 aromatic rings. The van der Waals surface area contributed by atoms with E-state index in [0.717, 1.165) is 44.3 Å². The Bertz CT molecular complexity index is 2350. The number of anilines is 1. The number of carbonyl (C=O) groups is 4. The van der Waals surface area contributed by atoms with Gasteiger partial charge in [0, 0.05) is 10.9 Å². The van der Waals surface area contributed by atoms with Crippen LogP contribution in [0.4, 0.5) is 10.3 Å². The monoisotopic (exact) mass is 699 g/mol. The normalized spacial score (nSPS) is 26.4. The predicted octanol–water partition coefficient (Wildman–Crippen LogP) is 6.72. The maximum atomic E-state index is 14.2. The summed E-state index contributed by atoms with van der Waals surface area (Å²) in [7, 11) is 0. The molecule has 2 aliphatic carbocycles. The maximum Gasteiger partial charge on any atom is 0.311 e. The summed E-state index contributed by atoms with van der Waals surface area (Å²) >= 11 is 0. The molecule has 1 aromatic heterocycles. The van der Waals surface area contributed by atoms with Gasteiger partial charge in [-0.05, 0) is 91.4 Å². The quantitative estimate of drug-likeness (QED) is 0.140. The number of halogens is 1. The van der Waals surface area contributed by atoms with Gasteiger partial charge < -0.3 is 20.7 Å². The Morgan fingerprint density at radius 3 is 1.94 bits per heavy atom. The van der Waals surface area contributed by atoms with Gasteiger partial charge in [0.2, 0.25) is 23.7 Å². The van der Waals surface area contributed by atoms with Gasteiger partial charge in [-0.15, -0.1) is 0 Å². The van der Waals surface area contributed by atoms with Gasteiger partial charge in [-0.1, -0.05) is 60.7 Å². The van der Waals surface area contributed by atoms with Crippen LogP contribution in [0, 0.1) is 30.5 Å². The SMILES string of the molecule is Cc1cccc2c1C1NC(=O)C2CC1(C)C(=O)Nc1ncc(-c2ccc(F)c3ccccc23)[nH]1.Cc1cccc2c1C1NC(=O)C2CC1(C)C(=O)O. The summed E-state index contributed by atoms with van der Waals surface area (Å²) in [5.41, 5.74) is 5.91. The van der Waals surface area contributed by atoms with Crippen LogP contribution in [0.2, 0.25) is 0 Å². The van der Waals surface area contributed by atoms with E-state index in [-0.39, 0.29) is 35.4 Å². The Hall–Kier alpha value is -5.84. The molecule has 4 aliphatic heterocycles. The summed E-state index contributed by atoms with van der Waals surface area (Å²) in [6, 6.07) is 21.4. The molecule has 52 heavy (non-hydrogen) atoms. The number of hydrogen-bond acceptors (Lipinski definition) is 5. The third kappa shape index (κ3) is 4.93. The molecular weight excluding hydrogens is 661 g/mol. The molecule has 2 fully saturated rings. The largest absolute Gasteiger partial charge is 0.481 e. The second-order valence-electron chi connectivity index (χ2n) is 14.9. The summed E-state index contributed by atoms with van der Waals surface area (Å²) in [4.78, 5) is 57.1. The Kier molecular flexibility index (Phi) is 7.60. The van der Waals surface area contributed by atoms with Gasteiger partial charge in [0.15, 0.2) is 0 Å². The molecule has 5 heterocycles. The van der Waals surface area contributed by atoms with Crippen molar-refractivity contribution >= 4 is 40.4 Å². The average molecular weight is 700 g/mol. The second-order valence-corrected chi connectivity index (χ2v) is 14.9. The van der Waals surface area contributed by atoms with Crippen LogP contribution in [-0.4, -0.2) is 38.8 Å². The fourth-order valence-electron chi connectivity index (χ4n) is 8.86. The van der Waals surface area contributed by atoms with Gasteiger partial charge >= 0.3 is 5.97 Å². The van der Waals surface area contributed by atoms with Crippen LogP contribution in [-0.2, 0) is 19.2 Å². The number of nitrogens with one attached hydrogen (secondary N) is 4. The zero-order valence-electron chi connectivity index (χ0n) is 29.1. The highest BCUT2D eigenvalue weighted by Crippen LogP contribution is 2.55. The standard InChI is InChI=1S/C27H23FN4O2.C14H15NO3/c1-14-6-5-9-18-19-12-27(2,23(22(14)18)31-24(19)33)25(34)32-26-29-13-21(30-26)17-10-11-20(28)16-8-4-3-7-15(16)17;1-7-4-3-5-8-9-6-14(2,13(17)18)11(10(7)8)15-12(9)16/h3-11,13,19,23H,12H2,1-2H3,(H,31,33)(H2,29,30,32,34);3-5,9,11H,6H2,1-2H3,(H,15,16)(H,17,18). The highest BCUT2D eigenvalue weighted by Gasteiger charge is 2.57. The number of carboxylic acid groups (broad SMARTS) is 1. The third-order valence-electron chi connectivity index (χ3n) is 11.8. The number of aryl methyl sites for hydroxylation is 2. The van der Waals surface area contributed by atoms with Gasteiger partial charge in [-0.25, -0.2) is 9.37 Å². The summed E-state index contributed by atoms with van der Waals surface area (Å²) < 4.78 is 14.2. The van der Waals surface area contributed by atoms with E-state index in [1.165, 1.54) is 6.07 Å². The minimum atomic E-state index is -0.905. The number of nitrogens with zero attached hydrogens (tertiary/aromatic N) is 1. The lowest BCUT2D eigenvalue weighted by molar-refractivity contribution is -0.155. The van der Waals surface area contributed by atoms with Gasteiger partial charge in [0.05, 0.1) is 46.6 Å². The number of aromatic amines is 1. The van der Waals surface area contributed by atoms with Gasteiger partial charge in [-0.2, -0.15) is 0 Å².